The van der Waals surface area contributed by atoms with Crippen molar-refractivity contribution in [1.82, 2.24) is 9.97 Å². The number of alkyl halides is 2. The van der Waals surface area contributed by atoms with Gasteiger partial charge in [-0.1, -0.05) is 12.8 Å². The van der Waals surface area contributed by atoms with Gasteiger partial charge in [0, 0.05) is 18.3 Å². The molecule has 2 atom stereocenters. The molecule has 0 spiro atoms. The SMILES string of the molecule is NC(=O)c1cnc(N[C@H]2CC[C@H](OC(F)F)CC2)nc1N[C@@H]1CCCC[C@H](O)C1. The molecule has 0 radical (unpaired) electrons. The van der Waals surface area contributed by atoms with Crippen molar-refractivity contribution in [2.24, 2.45) is 5.73 Å². The number of hydrogen-bond acceptors (Lipinski definition) is 7. The molecule has 0 aliphatic heterocycles. The fourth-order valence-corrected chi connectivity index (χ4v) is 4.07. The summed E-state index contributed by atoms with van der Waals surface area (Å²) in [6, 6.07) is 0.0368. The van der Waals surface area contributed by atoms with Gasteiger partial charge in [-0.3, -0.25) is 4.79 Å². The molecule has 0 unspecified atom stereocenters. The number of nitrogens with two attached hydrogens (primary N) is 1. The van der Waals surface area contributed by atoms with E-state index in [-0.39, 0.29) is 23.8 Å². The van der Waals surface area contributed by atoms with Gasteiger partial charge in [0.15, 0.2) is 0 Å². The van der Waals surface area contributed by atoms with Gasteiger partial charge < -0.3 is 26.2 Å². The van der Waals surface area contributed by atoms with Crippen LogP contribution >= 0.6 is 0 Å². The second kappa shape index (κ2) is 10.1. The summed E-state index contributed by atoms with van der Waals surface area (Å²) < 4.78 is 29.2. The Balaban J connectivity index is 1.64. The fourth-order valence-electron chi connectivity index (χ4n) is 4.07. The van der Waals surface area contributed by atoms with Crippen molar-refractivity contribution in [1.29, 1.82) is 0 Å². The highest BCUT2D eigenvalue weighted by atomic mass is 19.3. The molecule has 5 N–H and O–H groups in total. The van der Waals surface area contributed by atoms with Crippen LogP contribution in [0, 0.1) is 0 Å². The minimum absolute atomic E-state index is 0.00437. The predicted molar refractivity (Wildman–Crippen MR) is 104 cm³/mol. The number of aliphatic hydroxyl groups is 1. The van der Waals surface area contributed by atoms with E-state index in [0.717, 1.165) is 25.7 Å². The molecule has 0 bridgehead atoms. The van der Waals surface area contributed by atoms with Crippen LogP contribution in [0.25, 0.3) is 0 Å². The Bertz CT molecular complexity index is 686. The van der Waals surface area contributed by atoms with E-state index in [1.165, 1.54) is 6.20 Å². The Morgan fingerprint density at radius 1 is 1.14 bits per heavy atom. The first-order chi connectivity index (χ1) is 13.9. The van der Waals surface area contributed by atoms with Gasteiger partial charge in [-0.05, 0) is 44.9 Å². The normalized spacial score (nSPS) is 28.0. The molecule has 0 saturated heterocycles. The van der Waals surface area contributed by atoms with E-state index >= 15 is 0 Å². The third-order valence-electron chi connectivity index (χ3n) is 5.59. The minimum atomic E-state index is -2.75. The number of amides is 1. The van der Waals surface area contributed by atoms with Crippen LogP contribution in [0.5, 0.6) is 0 Å². The van der Waals surface area contributed by atoms with Crippen LogP contribution in [0.2, 0.25) is 0 Å². The molecule has 10 heteroatoms. The van der Waals surface area contributed by atoms with Crippen LogP contribution in [0.4, 0.5) is 20.5 Å². The third-order valence-corrected chi connectivity index (χ3v) is 5.59. The number of anilines is 2. The molecule has 1 heterocycles. The maximum atomic E-state index is 12.3. The second-order valence-corrected chi connectivity index (χ2v) is 7.85. The molecule has 2 saturated carbocycles. The summed E-state index contributed by atoms with van der Waals surface area (Å²) in [5.74, 6) is 0.0756. The van der Waals surface area contributed by atoms with Crippen molar-refractivity contribution in [3.8, 4) is 0 Å². The lowest BCUT2D eigenvalue weighted by molar-refractivity contribution is -0.169. The lowest BCUT2D eigenvalue weighted by Gasteiger charge is -2.29. The van der Waals surface area contributed by atoms with E-state index in [0.29, 0.717) is 43.9 Å². The number of hydrogen-bond donors (Lipinski definition) is 4. The van der Waals surface area contributed by atoms with E-state index in [1.807, 2.05) is 0 Å². The average Bonchev–Trinajstić information content (AvgIpc) is 2.86. The van der Waals surface area contributed by atoms with Gasteiger partial charge in [0.1, 0.15) is 5.82 Å². The Morgan fingerprint density at radius 2 is 1.86 bits per heavy atom. The molecule has 29 heavy (non-hydrogen) atoms. The number of aliphatic hydroxyl groups excluding tert-OH is 1. The zero-order chi connectivity index (χ0) is 20.8. The molecule has 3 rings (SSSR count). The molecule has 1 aromatic heterocycles. The van der Waals surface area contributed by atoms with Crippen LogP contribution in [-0.2, 0) is 4.74 Å². The summed E-state index contributed by atoms with van der Waals surface area (Å²) >= 11 is 0. The van der Waals surface area contributed by atoms with Crippen LogP contribution in [0.3, 0.4) is 0 Å². The summed E-state index contributed by atoms with van der Waals surface area (Å²) in [6.07, 6.45) is 7.16. The lowest BCUT2D eigenvalue weighted by atomic mass is 9.93. The smallest absolute Gasteiger partial charge is 0.345 e. The maximum absolute atomic E-state index is 12.3. The Kier molecular flexibility index (Phi) is 7.54. The Labute approximate surface area is 168 Å². The van der Waals surface area contributed by atoms with E-state index in [1.54, 1.807) is 0 Å². The van der Waals surface area contributed by atoms with Crippen LogP contribution in [-0.4, -0.2) is 51.9 Å². The van der Waals surface area contributed by atoms with Gasteiger partial charge in [0.2, 0.25) is 5.95 Å². The maximum Gasteiger partial charge on any atom is 0.345 e. The van der Waals surface area contributed by atoms with Crippen molar-refractivity contribution in [2.75, 3.05) is 10.6 Å². The number of carbonyl (C=O) groups excluding carboxylic acids is 1. The van der Waals surface area contributed by atoms with E-state index in [4.69, 9.17) is 5.73 Å². The van der Waals surface area contributed by atoms with Crippen LogP contribution in [0.15, 0.2) is 6.20 Å². The van der Waals surface area contributed by atoms with Crippen molar-refractivity contribution in [3.05, 3.63) is 11.8 Å². The first-order valence-corrected chi connectivity index (χ1v) is 10.2. The minimum Gasteiger partial charge on any atom is -0.393 e. The third kappa shape index (κ3) is 6.46. The average molecular weight is 413 g/mol. The molecule has 2 aliphatic rings. The largest absolute Gasteiger partial charge is 0.393 e. The first-order valence-electron chi connectivity index (χ1n) is 10.2. The summed E-state index contributed by atoms with van der Waals surface area (Å²) in [5.41, 5.74) is 5.66. The number of ether oxygens (including phenoxy) is 1. The van der Waals surface area contributed by atoms with E-state index in [2.05, 4.69) is 25.3 Å². The molecule has 1 amide bonds. The highest BCUT2D eigenvalue weighted by molar-refractivity contribution is 5.97. The van der Waals surface area contributed by atoms with E-state index < -0.39 is 18.6 Å². The van der Waals surface area contributed by atoms with E-state index in [9.17, 15) is 18.7 Å². The molecule has 2 fully saturated rings. The van der Waals surface area contributed by atoms with Gasteiger partial charge in [-0.25, -0.2) is 4.98 Å². The first kappa shape index (κ1) is 21.6. The van der Waals surface area contributed by atoms with Crippen molar-refractivity contribution >= 4 is 17.7 Å². The van der Waals surface area contributed by atoms with Gasteiger partial charge in [0.05, 0.1) is 17.8 Å². The molecular weight excluding hydrogens is 384 g/mol. The van der Waals surface area contributed by atoms with Crippen LogP contribution in [0.1, 0.15) is 68.1 Å². The van der Waals surface area contributed by atoms with Crippen molar-refractivity contribution < 1.29 is 23.4 Å². The number of aromatic nitrogens is 2. The summed E-state index contributed by atoms with van der Waals surface area (Å²) in [4.78, 5) is 20.4. The zero-order valence-corrected chi connectivity index (χ0v) is 16.3. The van der Waals surface area contributed by atoms with Gasteiger partial charge >= 0.3 is 6.61 Å². The lowest BCUT2D eigenvalue weighted by Crippen LogP contribution is -2.31. The molecular formula is C19H29F2N5O3. The molecule has 2 aliphatic carbocycles. The summed E-state index contributed by atoms with van der Waals surface area (Å²) in [6.45, 7) is -2.75. The van der Waals surface area contributed by atoms with Crippen molar-refractivity contribution in [3.63, 3.8) is 0 Å². The van der Waals surface area contributed by atoms with Gasteiger partial charge in [-0.2, -0.15) is 13.8 Å². The number of carbonyl (C=O) groups is 1. The molecule has 0 aromatic carbocycles. The van der Waals surface area contributed by atoms with Crippen molar-refractivity contribution in [2.45, 2.75) is 88.7 Å². The second-order valence-electron chi connectivity index (χ2n) is 7.85. The molecule has 1 aromatic rings. The molecule has 8 nitrogen and oxygen atoms in total. The Morgan fingerprint density at radius 3 is 2.55 bits per heavy atom. The number of halogens is 2. The highest BCUT2D eigenvalue weighted by Crippen LogP contribution is 2.26. The van der Waals surface area contributed by atoms with Gasteiger partial charge in [0.25, 0.3) is 5.91 Å². The predicted octanol–water partition coefficient (Wildman–Crippen LogP) is 2.64. The highest BCUT2D eigenvalue weighted by Gasteiger charge is 2.25. The number of nitrogens with zero attached hydrogens (tertiary/aromatic N) is 2. The monoisotopic (exact) mass is 413 g/mol. The van der Waals surface area contributed by atoms with Gasteiger partial charge in [-0.15, -0.1) is 0 Å². The number of nitrogens with one attached hydrogen (secondary N) is 2. The summed E-state index contributed by atoms with van der Waals surface area (Å²) in [7, 11) is 0. The zero-order valence-electron chi connectivity index (χ0n) is 16.3. The number of rotatable bonds is 7. The fraction of sp³-hybridized carbons (Fsp3) is 0.737. The summed E-state index contributed by atoms with van der Waals surface area (Å²) in [5, 5.41) is 16.5. The molecule has 162 valence electrons. The Hall–Kier alpha value is -2.07. The van der Waals surface area contributed by atoms with Crippen LogP contribution < -0.4 is 16.4 Å². The quantitative estimate of drug-likeness (QED) is 0.507. The topological polar surface area (TPSA) is 122 Å². The standard InChI is InChI=1S/C19H29F2N5O3/c20-18(21)29-14-7-5-11(6-8-14)25-19-23-10-15(16(22)28)17(26-19)24-12-3-1-2-4-13(27)9-12/h10-14,18,27H,1-9H2,(H2,22,28)(H2,23,24,25,26)/t11-,12-,13+,14-/m1/s1. The number of primary amides is 1.